The molecule has 1 aliphatic rings. The molecule has 0 aliphatic carbocycles. The van der Waals surface area contributed by atoms with Gasteiger partial charge in [0.05, 0.1) is 15.3 Å². The van der Waals surface area contributed by atoms with Crippen LogP contribution in [0.1, 0.15) is 18.3 Å². The molecule has 1 saturated heterocycles. The van der Waals surface area contributed by atoms with Crippen molar-refractivity contribution >= 4 is 37.5 Å². The fourth-order valence-electron chi connectivity index (χ4n) is 1.62. The van der Waals surface area contributed by atoms with Crippen molar-refractivity contribution in [2.24, 2.45) is 0 Å². The zero-order valence-electron chi connectivity index (χ0n) is 7.71. The lowest BCUT2D eigenvalue weighted by molar-refractivity contribution is 0.366. The Hall–Kier alpha value is -0.720. The van der Waals surface area contributed by atoms with E-state index in [2.05, 4.69) is 31.2 Å². The van der Waals surface area contributed by atoms with Crippen LogP contribution in [0, 0.1) is 0 Å². The summed E-state index contributed by atoms with van der Waals surface area (Å²) in [6.07, 6.45) is 1.04. The van der Waals surface area contributed by atoms with Crippen LogP contribution in [-0.4, -0.2) is 16.5 Å². The SMILES string of the molecule is O=c1[nH]c([C@@H]2CCN2)nc2cc(Br)sc12. The summed E-state index contributed by atoms with van der Waals surface area (Å²) in [5, 5.41) is 3.22. The maximum atomic E-state index is 11.7. The Morgan fingerprint density at radius 1 is 1.60 bits per heavy atom. The first-order valence-electron chi connectivity index (χ1n) is 4.67. The molecule has 1 atom stereocenters. The van der Waals surface area contributed by atoms with Crippen LogP contribution >= 0.6 is 27.3 Å². The van der Waals surface area contributed by atoms with E-state index in [0.717, 1.165) is 28.1 Å². The minimum absolute atomic E-state index is 0.0422. The minimum atomic E-state index is -0.0422. The van der Waals surface area contributed by atoms with E-state index in [1.807, 2.05) is 6.07 Å². The highest BCUT2D eigenvalue weighted by molar-refractivity contribution is 9.11. The summed E-state index contributed by atoms with van der Waals surface area (Å²) >= 11 is 4.78. The maximum Gasteiger partial charge on any atom is 0.268 e. The van der Waals surface area contributed by atoms with E-state index < -0.39 is 0 Å². The van der Waals surface area contributed by atoms with E-state index in [9.17, 15) is 4.79 Å². The zero-order valence-corrected chi connectivity index (χ0v) is 10.1. The van der Waals surface area contributed by atoms with Gasteiger partial charge in [-0.05, 0) is 35.0 Å². The van der Waals surface area contributed by atoms with Crippen molar-refractivity contribution in [2.75, 3.05) is 6.54 Å². The number of H-pyrrole nitrogens is 1. The van der Waals surface area contributed by atoms with Crippen molar-refractivity contribution in [1.29, 1.82) is 0 Å². The summed E-state index contributed by atoms with van der Waals surface area (Å²) in [7, 11) is 0. The second-order valence-corrected chi connectivity index (χ2v) is 5.94. The van der Waals surface area contributed by atoms with E-state index in [0.29, 0.717) is 4.70 Å². The minimum Gasteiger partial charge on any atom is -0.308 e. The number of rotatable bonds is 1. The number of nitrogens with one attached hydrogen (secondary N) is 2. The first-order chi connectivity index (χ1) is 7.24. The smallest absolute Gasteiger partial charge is 0.268 e. The third kappa shape index (κ3) is 1.53. The first-order valence-corrected chi connectivity index (χ1v) is 6.27. The Morgan fingerprint density at radius 2 is 2.40 bits per heavy atom. The van der Waals surface area contributed by atoms with Crippen LogP contribution in [0.15, 0.2) is 14.6 Å². The molecule has 2 aromatic rings. The number of halogens is 1. The Balaban J connectivity index is 2.21. The summed E-state index contributed by atoms with van der Waals surface area (Å²) < 4.78 is 1.62. The molecule has 15 heavy (non-hydrogen) atoms. The van der Waals surface area contributed by atoms with Crippen LogP contribution in [0.2, 0.25) is 0 Å². The average molecular weight is 286 g/mol. The molecule has 3 heterocycles. The van der Waals surface area contributed by atoms with Gasteiger partial charge in [-0.1, -0.05) is 0 Å². The van der Waals surface area contributed by atoms with Crippen molar-refractivity contribution in [3.05, 3.63) is 26.0 Å². The van der Waals surface area contributed by atoms with Gasteiger partial charge < -0.3 is 10.3 Å². The maximum absolute atomic E-state index is 11.7. The lowest BCUT2D eigenvalue weighted by Crippen LogP contribution is -2.37. The van der Waals surface area contributed by atoms with Gasteiger partial charge in [0.2, 0.25) is 0 Å². The second kappa shape index (κ2) is 3.40. The number of hydrogen-bond donors (Lipinski definition) is 2. The largest absolute Gasteiger partial charge is 0.308 e. The third-order valence-electron chi connectivity index (χ3n) is 2.52. The van der Waals surface area contributed by atoms with E-state index in [4.69, 9.17) is 0 Å². The number of thiophene rings is 1. The molecule has 3 rings (SSSR count). The van der Waals surface area contributed by atoms with Crippen molar-refractivity contribution in [3.63, 3.8) is 0 Å². The molecule has 0 saturated carbocycles. The summed E-state index contributed by atoms with van der Waals surface area (Å²) in [6, 6.07) is 2.11. The van der Waals surface area contributed by atoms with Gasteiger partial charge in [0.15, 0.2) is 0 Å². The van der Waals surface area contributed by atoms with Crippen molar-refractivity contribution in [2.45, 2.75) is 12.5 Å². The lowest BCUT2D eigenvalue weighted by Gasteiger charge is -2.26. The van der Waals surface area contributed by atoms with Gasteiger partial charge in [0.25, 0.3) is 5.56 Å². The predicted octanol–water partition coefficient (Wildman–Crippen LogP) is 1.78. The molecule has 0 amide bonds. The highest BCUT2D eigenvalue weighted by Crippen LogP contribution is 2.27. The summed E-state index contributed by atoms with van der Waals surface area (Å²) in [4.78, 5) is 19.0. The Labute approximate surface area is 97.9 Å². The zero-order chi connectivity index (χ0) is 10.4. The van der Waals surface area contributed by atoms with Gasteiger partial charge in [-0.15, -0.1) is 11.3 Å². The van der Waals surface area contributed by atoms with Crippen molar-refractivity contribution in [1.82, 2.24) is 15.3 Å². The van der Waals surface area contributed by atoms with Gasteiger partial charge in [0.1, 0.15) is 10.5 Å². The van der Waals surface area contributed by atoms with E-state index >= 15 is 0 Å². The second-order valence-electron chi connectivity index (χ2n) is 3.51. The Kier molecular flexibility index (Phi) is 2.15. The molecule has 0 bridgehead atoms. The third-order valence-corrected chi connectivity index (χ3v) is 4.15. The van der Waals surface area contributed by atoms with Gasteiger partial charge in [-0.25, -0.2) is 4.98 Å². The Bertz CT molecular complexity index is 572. The quantitative estimate of drug-likeness (QED) is 0.840. The topological polar surface area (TPSA) is 57.8 Å². The number of hydrogen-bond acceptors (Lipinski definition) is 4. The van der Waals surface area contributed by atoms with E-state index in [-0.39, 0.29) is 11.6 Å². The molecule has 0 radical (unpaired) electrons. The number of aromatic nitrogens is 2. The molecule has 1 fully saturated rings. The lowest BCUT2D eigenvalue weighted by atomic mass is 10.1. The normalized spacial score (nSPS) is 20.5. The number of aromatic amines is 1. The summed E-state index contributed by atoms with van der Waals surface area (Å²) in [5.41, 5.74) is 0.735. The average Bonchev–Trinajstić information content (AvgIpc) is 2.42. The van der Waals surface area contributed by atoms with Gasteiger partial charge in [-0.2, -0.15) is 0 Å². The van der Waals surface area contributed by atoms with Crippen LogP contribution in [0.4, 0.5) is 0 Å². The van der Waals surface area contributed by atoms with E-state index in [1.54, 1.807) is 0 Å². The molecular formula is C9H8BrN3OS. The predicted molar refractivity (Wildman–Crippen MR) is 63.3 cm³/mol. The van der Waals surface area contributed by atoms with Crippen LogP contribution in [0.5, 0.6) is 0 Å². The van der Waals surface area contributed by atoms with Gasteiger partial charge >= 0.3 is 0 Å². The fraction of sp³-hybridized carbons (Fsp3) is 0.333. The van der Waals surface area contributed by atoms with Crippen LogP contribution < -0.4 is 10.9 Å². The standard InChI is InChI=1S/C9H8BrN3OS/c10-6-3-5-7(15-6)9(14)13-8(12-5)4-1-2-11-4/h3-4,11H,1-2H2,(H,12,13,14)/t4-/m0/s1. The van der Waals surface area contributed by atoms with Gasteiger partial charge in [0, 0.05) is 0 Å². The van der Waals surface area contributed by atoms with Crippen LogP contribution in [0.3, 0.4) is 0 Å². The number of nitrogens with zero attached hydrogens (tertiary/aromatic N) is 1. The monoisotopic (exact) mass is 285 g/mol. The van der Waals surface area contributed by atoms with Crippen molar-refractivity contribution in [3.8, 4) is 0 Å². The molecule has 0 aromatic carbocycles. The molecule has 78 valence electrons. The molecule has 4 nitrogen and oxygen atoms in total. The van der Waals surface area contributed by atoms with E-state index in [1.165, 1.54) is 11.3 Å². The highest BCUT2D eigenvalue weighted by Gasteiger charge is 2.21. The fourth-order valence-corrected chi connectivity index (χ4v) is 3.04. The molecule has 1 aliphatic heterocycles. The molecule has 0 unspecified atom stereocenters. The molecule has 0 spiro atoms. The molecule has 2 N–H and O–H groups in total. The molecule has 6 heteroatoms. The summed E-state index contributed by atoms with van der Waals surface area (Å²) in [6.45, 7) is 1.000. The van der Waals surface area contributed by atoms with Crippen LogP contribution in [0.25, 0.3) is 10.2 Å². The summed E-state index contributed by atoms with van der Waals surface area (Å²) in [5.74, 6) is 0.754. The first kappa shape index (κ1) is 9.50. The van der Waals surface area contributed by atoms with Crippen LogP contribution in [-0.2, 0) is 0 Å². The number of fused-ring (bicyclic) bond motifs is 1. The Morgan fingerprint density at radius 3 is 3.07 bits per heavy atom. The van der Waals surface area contributed by atoms with Crippen molar-refractivity contribution < 1.29 is 0 Å². The van der Waals surface area contributed by atoms with Gasteiger partial charge in [-0.3, -0.25) is 4.79 Å². The molecular weight excluding hydrogens is 278 g/mol. The molecule has 2 aromatic heterocycles. The highest BCUT2D eigenvalue weighted by atomic mass is 79.9.